The van der Waals surface area contributed by atoms with Crippen LogP contribution in [-0.2, 0) is 11.3 Å². The van der Waals surface area contributed by atoms with Gasteiger partial charge in [0.25, 0.3) is 5.91 Å². The largest absolute Gasteiger partial charge is 0.348 e. The van der Waals surface area contributed by atoms with Crippen LogP contribution in [0.2, 0.25) is 0 Å². The SMILES string of the molecule is Cc1[nH]nc2ncc(C(=O)NCc3cccc(N4CCCC4=O)c3)cc12. The summed E-state index contributed by atoms with van der Waals surface area (Å²) in [7, 11) is 0. The van der Waals surface area contributed by atoms with Gasteiger partial charge >= 0.3 is 0 Å². The molecule has 4 rings (SSSR count). The maximum Gasteiger partial charge on any atom is 0.253 e. The van der Waals surface area contributed by atoms with E-state index in [1.165, 1.54) is 6.20 Å². The van der Waals surface area contributed by atoms with Crippen molar-refractivity contribution in [3.8, 4) is 0 Å². The first-order chi connectivity index (χ1) is 12.6. The van der Waals surface area contributed by atoms with Crippen LogP contribution in [0, 0.1) is 6.92 Å². The zero-order valence-electron chi connectivity index (χ0n) is 14.5. The smallest absolute Gasteiger partial charge is 0.253 e. The zero-order chi connectivity index (χ0) is 18.1. The Morgan fingerprint density at radius 2 is 2.23 bits per heavy atom. The molecule has 1 aliphatic rings. The third-order valence-corrected chi connectivity index (χ3v) is 4.61. The van der Waals surface area contributed by atoms with Crippen LogP contribution < -0.4 is 10.2 Å². The first kappa shape index (κ1) is 16.3. The Morgan fingerprint density at radius 3 is 3.04 bits per heavy atom. The Hall–Kier alpha value is -3.22. The third kappa shape index (κ3) is 3.03. The summed E-state index contributed by atoms with van der Waals surface area (Å²) in [5, 5.41) is 10.7. The lowest BCUT2D eigenvalue weighted by Gasteiger charge is -2.16. The van der Waals surface area contributed by atoms with Crippen molar-refractivity contribution in [2.45, 2.75) is 26.3 Å². The standard InChI is InChI=1S/C19H19N5O2/c1-12-16-9-14(11-20-18(16)23-22-12)19(26)21-10-13-4-2-5-15(8-13)24-7-3-6-17(24)25/h2,4-5,8-9,11H,3,6-7,10H2,1H3,(H,21,26)(H,20,22,23). The molecule has 3 heterocycles. The summed E-state index contributed by atoms with van der Waals surface area (Å²) in [6.07, 6.45) is 3.02. The molecular weight excluding hydrogens is 330 g/mol. The van der Waals surface area contributed by atoms with Crippen molar-refractivity contribution in [3.05, 3.63) is 53.3 Å². The normalized spacial score (nSPS) is 14.2. The van der Waals surface area contributed by atoms with Crippen molar-refractivity contribution >= 4 is 28.5 Å². The molecule has 0 saturated carbocycles. The topological polar surface area (TPSA) is 91.0 Å². The van der Waals surface area contributed by atoms with Gasteiger partial charge in [0.15, 0.2) is 5.65 Å². The predicted octanol–water partition coefficient (Wildman–Crippen LogP) is 2.32. The molecule has 2 aromatic heterocycles. The van der Waals surface area contributed by atoms with E-state index in [1.807, 2.05) is 31.2 Å². The molecule has 1 aromatic carbocycles. The number of hydrogen-bond acceptors (Lipinski definition) is 4. The van der Waals surface area contributed by atoms with E-state index in [9.17, 15) is 9.59 Å². The minimum absolute atomic E-state index is 0.154. The highest BCUT2D eigenvalue weighted by Crippen LogP contribution is 2.22. The molecule has 7 nitrogen and oxygen atoms in total. The van der Waals surface area contributed by atoms with Crippen molar-refractivity contribution in [1.29, 1.82) is 0 Å². The minimum atomic E-state index is -0.192. The second kappa shape index (κ2) is 6.59. The van der Waals surface area contributed by atoms with Crippen LogP contribution in [0.4, 0.5) is 5.69 Å². The van der Waals surface area contributed by atoms with Gasteiger partial charge in [-0.05, 0) is 37.1 Å². The second-order valence-electron chi connectivity index (χ2n) is 6.45. The number of aromatic amines is 1. The first-order valence-electron chi connectivity index (χ1n) is 8.60. The number of fused-ring (bicyclic) bond motifs is 1. The maximum atomic E-state index is 12.4. The van der Waals surface area contributed by atoms with Gasteiger partial charge in [-0.25, -0.2) is 4.98 Å². The number of rotatable bonds is 4. The van der Waals surface area contributed by atoms with Gasteiger partial charge in [0.2, 0.25) is 5.91 Å². The molecule has 0 bridgehead atoms. The highest BCUT2D eigenvalue weighted by molar-refractivity contribution is 5.97. The number of nitrogens with zero attached hydrogens (tertiary/aromatic N) is 3. The molecule has 3 aromatic rings. The highest BCUT2D eigenvalue weighted by Gasteiger charge is 2.21. The summed E-state index contributed by atoms with van der Waals surface area (Å²) < 4.78 is 0. The second-order valence-corrected chi connectivity index (χ2v) is 6.45. The molecule has 2 amide bonds. The van der Waals surface area contributed by atoms with Crippen molar-refractivity contribution in [2.24, 2.45) is 0 Å². The molecule has 0 aliphatic carbocycles. The average Bonchev–Trinajstić information content (AvgIpc) is 3.25. The molecule has 2 N–H and O–H groups in total. The van der Waals surface area contributed by atoms with E-state index >= 15 is 0 Å². The zero-order valence-corrected chi connectivity index (χ0v) is 14.5. The molecule has 0 spiro atoms. The molecule has 1 fully saturated rings. The Kier molecular flexibility index (Phi) is 4.12. The predicted molar refractivity (Wildman–Crippen MR) is 97.8 cm³/mol. The molecule has 1 aliphatic heterocycles. The van der Waals surface area contributed by atoms with Gasteiger partial charge in [0, 0.05) is 42.5 Å². The number of carbonyl (C=O) groups excluding carboxylic acids is 2. The van der Waals surface area contributed by atoms with Crippen LogP contribution >= 0.6 is 0 Å². The quantitative estimate of drug-likeness (QED) is 0.756. The molecule has 0 radical (unpaired) electrons. The average molecular weight is 349 g/mol. The van der Waals surface area contributed by atoms with E-state index in [0.717, 1.165) is 35.3 Å². The van der Waals surface area contributed by atoms with Gasteiger partial charge < -0.3 is 10.2 Å². The Labute approximate surface area is 150 Å². The number of amides is 2. The van der Waals surface area contributed by atoms with Gasteiger partial charge in [0.05, 0.1) is 5.56 Å². The number of H-pyrrole nitrogens is 1. The lowest BCUT2D eigenvalue weighted by molar-refractivity contribution is -0.117. The van der Waals surface area contributed by atoms with Crippen LogP contribution in [-0.4, -0.2) is 33.5 Å². The van der Waals surface area contributed by atoms with Crippen molar-refractivity contribution < 1.29 is 9.59 Å². The molecule has 1 saturated heterocycles. The summed E-state index contributed by atoms with van der Waals surface area (Å²) in [4.78, 5) is 30.3. The monoisotopic (exact) mass is 349 g/mol. The van der Waals surface area contributed by atoms with E-state index < -0.39 is 0 Å². The molecule has 26 heavy (non-hydrogen) atoms. The minimum Gasteiger partial charge on any atom is -0.348 e. The number of benzene rings is 1. The lowest BCUT2D eigenvalue weighted by Crippen LogP contribution is -2.25. The summed E-state index contributed by atoms with van der Waals surface area (Å²) >= 11 is 0. The molecule has 132 valence electrons. The fourth-order valence-electron chi connectivity index (χ4n) is 3.18. The Morgan fingerprint density at radius 1 is 1.35 bits per heavy atom. The summed E-state index contributed by atoms with van der Waals surface area (Å²) in [5.41, 5.74) is 3.81. The van der Waals surface area contributed by atoms with Gasteiger partial charge in [-0.1, -0.05) is 12.1 Å². The maximum absolute atomic E-state index is 12.4. The number of pyridine rings is 1. The summed E-state index contributed by atoms with van der Waals surface area (Å²) in [6.45, 7) is 3.03. The van der Waals surface area contributed by atoms with Gasteiger partial charge in [0.1, 0.15) is 0 Å². The van der Waals surface area contributed by atoms with E-state index in [0.29, 0.717) is 24.2 Å². The van der Waals surface area contributed by atoms with Crippen molar-refractivity contribution in [1.82, 2.24) is 20.5 Å². The van der Waals surface area contributed by atoms with Crippen LogP contribution in [0.5, 0.6) is 0 Å². The Bertz CT molecular complexity index is 995. The summed E-state index contributed by atoms with van der Waals surface area (Å²) in [5.74, 6) is -0.0382. The number of carbonyl (C=O) groups is 2. The van der Waals surface area contributed by atoms with E-state index in [-0.39, 0.29) is 11.8 Å². The van der Waals surface area contributed by atoms with Gasteiger partial charge in [-0.3, -0.25) is 14.7 Å². The van der Waals surface area contributed by atoms with E-state index in [1.54, 1.807) is 11.0 Å². The summed E-state index contributed by atoms with van der Waals surface area (Å²) in [6, 6.07) is 9.51. The van der Waals surface area contributed by atoms with Crippen molar-refractivity contribution in [2.75, 3.05) is 11.4 Å². The van der Waals surface area contributed by atoms with E-state index in [4.69, 9.17) is 0 Å². The third-order valence-electron chi connectivity index (χ3n) is 4.61. The number of aryl methyl sites for hydroxylation is 1. The molecular formula is C19H19N5O2. The highest BCUT2D eigenvalue weighted by atomic mass is 16.2. The van der Waals surface area contributed by atoms with Crippen molar-refractivity contribution in [3.63, 3.8) is 0 Å². The van der Waals surface area contributed by atoms with E-state index in [2.05, 4.69) is 20.5 Å². The molecule has 0 atom stereocenters. The van der Waals surface area contributed by atoms with Crippen LogP contribution in [0.25, 0.3) is 11.0 Å². The van der Waals surface area contributed by atoms with Crippen LogP contribution in [0.1, 0.15) is 34.5 Å². The number of nitrogens with one attached hydrogen (secondary N) is 2. The van der Waals surface area contributed by atoms with Crippen LogP contribution in [0.3, 0.4) is 0 Å². The number of aromatic nitrogens is 3. The lowest BCUT2D eigenvalue weighted by atomic mass is 10.1. The first-order valence-corrected chi connectivity index (χ1v) is 8.60. The molecule has 0 unspecified atom stereocenters. The number of anilines is 1. The number of hydrogen-bond donors (Lipinski definition) is 2. The van der Waals surface area contributed by atoms with Crippen LogP contribution in [0.15, 0.2) is 36.5 Å². The van der Waals surface area contributed by atoms with Gasteiger partial charge in [-0.15, -0.1) is 0 Å². The fraction of sp³-hybridized carbons (Fsp3) is 0.263. The Balaban J connectivity index is 1.47. The van der Waals surface area contributed by atoms with Gasteiger partial charge in [-0.2, -0.15) is 5.10 Å². The fourth-order valence-corrected chi connectivity index (χ4v) is 3.18. The molecule has 7 heteroatoms.